The van der Waals surface area contributed by atoms with Crippen molar-refractivity contribution in [2.75, 3.05) is 7.05 Å². The maximum Gasteiger partial charge on any atom is 0.188 e. The molecule has 0 radical (unpaired) electrons. The molecule has 0 aliphatic carbocycles. The van der Waals surface area contributed by atoms with E-state index in [1.165, 1.54) is 0 Å². The van der Waals surface area contributed by atoms with Crippen LogP contribution >= 0.6 is 0 Å². The van der Waals surface area contributed by atoms with Gasteiger partial charge in [0.25, 0.3) is 0 Å². The zero-order valence-electron chi connectivity index (χ0n) is 10.8. The van der Waals surface area contributed by atoms with Gasteiger partial charge in [-0.15, -0.1) is 0 Å². The highest BCUT2D eigenvalue weighted by Gasteiger charge is 2.03. The standard InChI is InChI=1S/C15H17N3O/c1-18(15(16)17)11-12-6-5-9-14(10-12)19-13-7-3-2-4-8-13/h2-10H,11H2,1H3,(H3,16,17). The van der Waals surface area contributed by atoms with Crippen LogP contribution in [0, 0.1) is 5.41 Å². The van der Waals surface area contributed by atoms with Crippen LogP contribution in [0.2, 0.25) is 0 Å². The van der Waals surface area contributed by atoms with Crippen molar-refractivity contribution in [1.29, 1.82) is 5.41 Å². The lowest BCUT2D eigenvalue weighted by Crippen LogP contribution is -2.32. The summed E-state index contributed by atoms with van der Waals surface area (Å²) in [6, 6.07) is 17.4. The van der Waals surface area contributed by atoms with Crippen LogP contribution in [0.25, 0.3) is 0 Å². The Hall–Kier alpha value is -2.49. The predicted molar refractivity (Wildman–Crippen MR) is 76.3 cm³/mol. The van der Waals surface area contributed by atoms with E-state index in [-0.39, 0.29) is 5.96 Å². The summed E-state index contributed by atoms with van der Waals surface area (Å²) in [5, 5.41) is 7.36. The van der Waals surface area contributed by atoms with Gasteiger partial charge in [0.2, 0.25) is 0 Å². The number of ether oxygens (including phenoxy) is 1. The van der Waals surface area contributed by atoms with Gasteiger partial charge in [-0.2, -0.15) is 0 Å². The molecule has 0 unspecified atom stereocenters. The van der Waals surface area contributed by atoms with E-state index in [9.17, 15) is 0 Å². The summed E-state index contributed by atoms with van der Waals surface area (Å²) in [4.78, 5) is 1.67. The maximum absolute atomic E-state index is 7.36. The molecule has 0 fully saturated rings. The van der Waals surface area contributed by atoms with Gasteiger partial charge in [0, 0.05) is 13.6 Å². The molecule has 0 atom stereocenters. The molecule has 0 bridgehead atoms. The van der Waals surface area contributed by atoms with Crippen molar-refractivity contribution in [3.63, 3.8) is 0 Å². The van der Waals surface area contributed by atoms with Gasteiger partial charge in [0.1, 0.15) is 11.5 Å². The number of guanidine groups is 1. The van der Waals surface area contributed by atoms with Crippen LogP contribution in [0.5, 0.6) is 11.5 Å². The van der Waals surface area contributed by atoms with Crippen molar-refractivity contribution in [2.24, 2.45) is 5.73 Å². The molecule has 0 saturated heterocycles. The summed E-state index contributed by atoms with van der Waals surface area (Å²) in [6.45, 7) is 0.585. The average molecular weight is 255 g/mol. The van der Waals surface area contributed by atoms with Gasteiger partial charge in [-0.05, 0) is 29.8 Å². The molecule has 4 nitrogen and oxygen atoms in total. The zero-order chi connectivity index (χ0) is 13.7. The molecule has 0 spiro atoms. The molecule has 0 aliphatic rings. The third kappa shape index (κ3) is 3.74. The second kappa shape index (κ2) is 5.91. The van der Waals surface area contributed by atoms with E-state index in [2.05, 4.69) is 0 Å². The second-order valence-electron chi connectivity index (χ2n) is 4.30. The van der Waals surface area contributed by atoms with Gasteiger partial charge in [-0.3, -0.25) is 5.41 Å². The Kier molecular flexibility index (Phi) is 4.03. The minimum atomic E-state index is 0.0504. The van der Waals surface area contributed by atoms with Crippen molar-refractivity contribution >= 4 is 5.96 Å². The van der Waals surface area contributed by atoms with Gasteiger partial charge in [-0.25, -0.2) is 0 Å². The van der Waals surface area contributed by atoms with Crippen LogP contribution in [-0.4, -0.2) is 17.9 Å². The molecule has 98 valence electrons. The third-order valence-corrected chi connectivity index (χ3v) is 2.71. The van der Waals surface area contributed by atoms with Crippen molar-refractivity contribution in [3.8, 4) is 11.5 Å². The van der Waals surface area contributed by atoms with E-state index in [1.54, 1.807) is 11.9 Å². The number of rotatable bonds is 4. The van der Waals surface area contributed by atoms with Gasteiger partial charge < -0.3 is 15.4 Å². The normalized spacial score (nSPS) is 9.95. The van der Waals surface area contributed by atoms with Crippen LogP contribution in [0.15, 0.2) is 54.6 Å². The third-order valence-electron chi connectivity index (χ3n) is 2.71. The number of benzene rings is 2. The van der Waals surface area contributed by atoms with E-state index in [1.807, 2.05) is 54.6 Å². The number of para-hydroxylation sites is 1. The lowest BCUT2D eigenvalue weighted by Gasteiger charge is -2.17. The Labute approximate surface area is 112 Å². The molecule has 0 saturated carbocycles. The maximum atomic E-state index is 7.36. The van der Waals surface area contributed by atoms with E-state index in [4.69, 9.17) is 15.9 Å². The van der Waals surface area contributed by atoms with Crippen LogP contribution in [0.3, 0.4) is 0 Å². The van der Waals surface area contributed by atoms with Crippen molar-refractivity contribution in [3.05, 3.63) is 60.2 Å². The molecule has 0 amide bonds. The fourth-order valence-corrected chi connectivity index (χ4v) is 1.69. The molecule has 3 N–H and O–H groups in total. The topological polar surface area (TPSA) is 62.3 Å². The summed E-state index contributed by atoms with van der Waals surface area (Å²) in [7, 11) is 1.78. The zero-order valence-corrected chi connectivity index (χ0v) is 10.8. The van der Waals surface area contributed by atoms with Crippen LogP contribution < -0.4 is 10.5 Å². The molecule has 0 heterocycles. The van der Waals surface area contributed by atoms with E-state index in [0.29, 0.717) is 6.54 Å². The summed E-state index contributed by atoms with van der Waals surface area (Å²) in [5.74, 6) is 1.63. The van der Waals surface area contributed by atoms with Crippen LogP contribution in [-0.2, 0) is 6.54 Å². The Bertz CT molecular complexity index is 554. The Morgan fingerprint density at radius 3 is 2.47 bits per heavy atom. The molecule has 4 heteroatoms. The highest BCUT2D eigenvalue weighted by molar-refractivity contribution is 5.74. The number of nitrogens with one attached hydrogen (secondary N) is 1. The van der Waals surface area contributed by atoms with Gasteiger partial charge in [-0.1, -0.05) is 30.3 Å². The lowest BCUT2D eigenvalue weighted by molar-refractivity contribution is 0.472. The quantitative estimate of drug-likeness (QED) is 0.652. The van der Waals surface area contributed by atoms with E-state index in [0.717, 1.165) is 17.1 Å². The van der Waals surface area contributed by atoms with Gasteiger partial charge in [0.15, 0.2) is 5.96 Å². The van der Waals surface area contributed by atoms with Crippen molar-refractivity contribution in [2.45, 2.75) is 6.54 Å². The highest BCUT2D eigenvalue weighted by Crippen LogP contribution is 2.22. The minimum absolute atomic E-state index is 0.0504. The van der Waals surface area contributed by atoms with E-state index >= 15 is 0 Å². The first kappa shape index (κ1) is 13.0. The molecular weight excluding hydrogens is 238 g/mol. The summed E-state index contributed by atoms with van der Waals surface area (Å²) >= 11 is 0. The van der Waals surface area contributed by atoms with E-state index < -0.39 is 0 Å². The first-order valence-corrected chi connectivity index (χ1v) is 6.02. The second-order valence-corrected chi connectivity index (χ2v) is 4.30. The molecule has 0 aromatic heterocycles. The number of nitrogens with zero attached hydrogens (tertiary/aromatic N) is 1. The van der Waals surface area contributed by atoms with Gasteiger partial charge >= 0.3 is 0 Å². The Morgan fingerprint density at radius 2 is 1.79 bits per heavy atom. The predicted octanol–water partition coefficient (Wildman–Crippen LogP) is 2.80. The number of nitrogens with two attached hydrogens (primary N) is 1. The largest absolute Gasteiger partial charge is 0.457 e. The minimum Gasteiger partial charge on any atom is -0.457 e. The fourth-order valence-electron chi connectivity index (χ4n) is 1.69. The molecule has 2 aromatic carbocycles. The highest BCUT2D eigenvalue weighted by atomic mass is 16.5. The lowest BCUT2D eigenvalue weighted by atomic mass is 10.2. The van der Waals surface area contributed by atoms with Crippen LogP contribution in [0.1, 0.15) is 5.56 Å². The smallest absolute Gasteiger partial charge is 0.188 e. The molecule has 19 heavy (non-hydrogen) atoms. The molecular formula is C15H17N3O. The Morgan fingerprint density at radius 1 is 1.11 bits per heavy atom. The molecule has 2 rings (SSSR count). The summed E-state index contributed by atoms with van der Waals surface area (Å²) < 4.78 is 5.76. The Balaban J connectivity index is 2.09. The van der Waals surface area contributed by atoms with Crippen molar-refractivity contribution < 1.29 is 4.74 Å². The number of hydrogen-bond donors (Lipinski definition) is 2. The van der Waals surface area contributed by atoms with Crippen molar-refractivity contribution in [1.82, 2.24) is 4.90 Å². The first-order valence-electron chi connectivity index (χ1n) is 6.02. The summed E-state index contributed by atoms with van der Waals surface area (Å²) in [6.07, 6.45) is 0. The van der Waals surface area contributed by atoms with Crippen LogP contribution in [0.4, 0.5) is 0 Å². The number of hydrogen-bond acceptors (Lipinski definition) is 2. The average Bonchev–Trinajstić information content (AvgIpc) is 2.40. The SMILES string of the molecule is CN(Cc1cccc(Oc2ccccc2)c1)C(=N)N. The monoisotopic (exact) mass is 255 g/mol. The summed E-state index contributed by atoms with van der Waals surface area (Å²) in [5.41, 5.74) is 6.47. The first-order chi connectivity index (χ1) is 9.15. The molecule has 2 aromatic rings. The van der Waals surface area contributed by atoms with Gasteiger partial charge in [0.05, 0.1) is 0 Å². The fraction of sp³-hybridized carbons (Fsp3) is 0.133. The molecule has 0 aliphatic heterocycles.